The van der Waals surface area contributed by atoms with Crippen molar-refractivity contribution in [3.8, 4) is 22.8 Å². The third kappa shape index (κ3) is 2.79. The fraction of sp³-hybridized carbons (Fsp3) is 0.278. The molecule has 1 aliphatic heterocycles. The van der Waals surface area contributed by atoms with E-state index in [2.05, 4.69) is 15.4 Å². The molecule has 2 aromatic heterocycles. The Labute approximate surface area is 148 Å². The smallest absolute Gasteiger partial charge is 0.273 e. The second-order valence-corrected chi connectivity index (χ2v) is 5.94. The Morgan fingerprint density at radius 2 is 2.08 bits per heavy atom. The van der Waals surface area contributed by atoms with Crippen LogP contribution >= 0.6 is 0 Å². The normalized spacial score (nSPS) is 13.0. The average Bonchev–Trinajstić information content (AvgIpc) is 3.10. The minimum atomic E-state index is -0.297. The van der Waals surface area contributed by atoms with Crippen LogP contribution in [0.2, 0.25) is 0 Å². The number of aromatic nitrogens is 3. The van der Waals surface area contributed by atoms with Crippen LogP contribution in [0.25, 0.3) is 16.9 Å². The van der Waals surface area contributed by atoms with Gasteiger partial charge in [0.1, 0.15) is 18.8 Å². The first-order valence-corrected chi connectivity index (χ1v) is 8.47. The molecule has 1 aromatic carbocycles. The maximum atomic E-state index is 12.4. The van der Waals surface area contributed by atoms with Crippen molar-refractivity contribution in [2.75, 3.05) is 19.8 Å². The zero-order chi connectivity index (χ0) is 18.1. The minimum Gasteiger partial charge on any atom is -0.486 e. The van der Waals surface area contributed by atoms with Crippen molar-refractivity contribution in [3.63, 3.8) is 0 Å². The van der Waals surface area contributed by atoms with E-state index < -0.39 is 0 Å². The molecule has 0 saturated heterocycles. The summed E-state index contributed by atoms with van der Waals surface area (Å²) in [4.78, 5) is 29.2. The first-order chi connectivity index (χ1) is 12.7. The molecule has 134 valence electrons. The summed E-state index contributed by atoms with van der Waals surface area (Å²) >= 11 is 0. The van der Waals surface area contributed by atoms with Crippen molar-refractivity contribution in [2.45, 2.75) is 13.3 Å². The summed E-state index contributed by atoms with van der Waals surface area (Å²) in [7, 11) is 0. The summed E-state index contributed by atoms with van der Waals surface area (Å²) in [5.74, 6) is 1.02. The van der Waals surface area contributed by atoms with Crippen LogP contribution in [0.15, 0.2) is 35.3 Å². The van der Waals surface area contributed by atoms with Gasteiger partial charge in [-0.2, -0.15) is 0 Å². The number of hydrogen-bond donors (Lipinski definition) is 2. The van der Waals surface area contributed by atoms with Gasteiger partial charge in [-0.25, -0.2) is 9.50 Å². The summed E-state index contributed by atoms with van der Waals surface area (Å²) in [5, 5.41) is 5.57. The maximum absolute atomic E-state index is 12.4. The lowest BCUT2D eigenvalue weighted by Crippen LogP contribution is -2.24. The predicted octanol–water partition coefficient (Wildman–Crippen LogP) is 1.60. The highest BCUT2D eigenvalue weighted by Crippen LogP contribution is 2.33. The standard InChI is InChI=1S/C18H18N4O4/c1-2-5-19-18(24)12-10-20-22-16(23)9-13(21-17(12)22)11-3-4-14-15(8-11)26-7-6-25-14/h3-4,8-10,20H,2,5-7H2,1H3,(H,19,24). The number of carbonyl (C=O) groups is 1. The van der Waals surface area contributed by atoms with Gasteiger partial charge in [0.25, 0.3) is 11.5 Å². The molecular formula is C18H18N4O4. The lowest BCUT2D eigenvalue weighted by Gasteiger charge is -2.18. The summed E-state index contributed by atoms with van der Waals surface area (Å²) in [6.45, 7) is 3.52. The highest BCUT2D eigenvalue weighted by Gasteiger charge is 2.17. The SMILES string of the molecule is CCCNC(=O)c1c[nH]n2c(=O)cc(-c3ccc4c(c3)OCCO4)nc12. The molecule has 4 rings (SSSR count). The fourth-order valence-electron chi connectivity index (χ4n) is 2.83. The molecule has 0 aliphatic carbocycles. The number of ether oxygens (including phenoxy) is 2. The predicted molar refractivity (Wildman–Crippen MR) is 94.9 cm³/mol. The van der Waals surface area contributed by atoms with Crippen molar-refractivity contribution in [3.05, 3.63) is 46.4 Å². The first kappa shape index (κ1) is 16.2. The maximum Gasteiger partial charge on any atom is 0.273 e. The topological polar surface area (TPSA) is 97.7 Å². The van der Waals surface area contributed by atoms with E-state index in [-0.39, 0.29) is 17.1 Å². The van der Waals surface area contributed by atoms with Crippen LogP contribution in [-0.4, -0.2) is 40.3 Å². The van der Waals surface area contributed by atoms with Gasteiger partial charge in [-0.05, 0) is 24.6 Å². The van der Waals surface area contributed by atoms with Crippen LogP contribution in [0.3, 0.4) is 0 Å². The van der Waals surface area contributed by atoms with Crippen LogP contribution in [-0.2, 0) is 0 Å². The molecule has 0 saturated carbocycles. The van der Waals surface area contributed by atoms with Crippen LogP contribution in [0.4, 0.5) is 0 Å². The molecular weight excluding hydrogens is 336 g/mol. The Balaban J connectivity index is 1.79. The molecule has 3 heterocycles. The molecule has 1 aliphatic rings. The van der Waals surface area contributed by atoms with Gasteiger partial charge in [0.2, 0.25) is 0 Å². The average molecular weight is 354 g/mol. The van der Waals surface area contributed by atoms with Gasteiger partial charge in [0, 0.05) is 24.4 Å². The molecule has 26 heavy (non-hydrogen) atoms. The van der Waals surface area contributed by atoms with Crippen LogP contribution in [0, 0.1) is 0 Å². The number of H-pyrrole nitrogens is 1. The number of rotatable bonds is 4. The summed E-state index contributed by atoms with van der Waals surface area (Å²) in [6, 6.07) is 6.81. The largest absolute Gasteiger partial charge is 0.486 e. The molecule has 1 amide bonds. The zero-order valence-electron chi connectivity index (χ0n) is 14.2. The van der Waals surface area contributed by atoms with Crippen LogP contribution in [0.5, 0.6) is 11.5 Å². The van der Waals surface area contributed by atoms with Gasteiger partial charge >= 0.3 is 0 Å². The molecule has 3 aromatic rings. The Morgan fingerprint density at radius 1 is 1.27 bits per heavy atom. The van der Waals surface area contributed by atoms with Crippen molar-refractivity contribution in [2.24, 2.45) is 0 Å². The molecule has 0 atom stereocenters. The van der Waals surface area contributed by atoms with Gasteiger partial charge in [0.05, 0.1) is 5.69 Å². The van der Waals surface area contributed by atoms with Gasteiger partial charge in [0.15, 0.2) is 17.1 Å². The Morgan fingerprint density at radius 3 is 2.88 bits per heavy atom. The van der Waals surface area contributed by atoms with Crippen molar-refractivity contribution >= 4 is 11.6 Å². The van der Waals surface area contributed by atoms with Gasteiger partial charge in [-0.15, -0.1) is 0 Å². The molecule has 0 bridgehead atoms. The van der Waals surface area contributed by atoms with Gasteiger partial charge in [-0.1, -0.05) is 6.92 Å². The quantitative estimate of drug-likeness (QED) is 0.742. The van der Waals surface area contributed by atoms with E-state index in [1.54, 1.807) is 12.1 Å². The minimum absolute atomic E-state index is 0.267. The number of carbonyl (C=O) groups excluding carboxylic acids is 1. The molecule has 8 nitrogen and oxygen atoms in total. The van der Waals surface area contributed by atoms with Crippen molar-refractivity contribution in [1.82, 2.24) is 19.9 Å². The van der Waals surface area contributed by atoms with E-state index in [0.717, 1.165) is 12.0 Å². The molecule has 0 radical (unpaired) electrons. The molecule has 0 spiro atoms. The van der Waals surface area contributed by atoms with Gasteiger partial charge in [-0.3, -0.25) is 14.7 Å². The van der Waals surface area contributed by atoms with Crippen LogP contribution < -0.4 is 20.3 Å². The Bertz CT molecular complexity index is 1040. The van der Waals surface area contributed by atoms with E-state index in [4.69, 9.17) is 9.47 Å². The summed E-state index contributed by atoms with van der Waals surface area (Å²) in [6.07, 6.45) is 2.31. The molecule has 0 unspecified atom stereocenters. The Kier molecular flexibility index (Phi) is 4.08. The second kappa shape index (κ2) is 6.55. The highest BCUT2D eigenvalue weighted by molar-refractivity contribution is 5.99. The van der Waals surface area contributed by atoms with Gasteiger partial charge < -0.3 is 14.8 Å². The second-order valence-electron chi connectivity index (χ2n) is 5.94. The Hall–Kier alpha value is -3.29. The lowest BCUT2D eigenvalue weighted by atomic mass is 10.1. The third-order valence-corrected chi connectivity index (χ3v) is 4.12. The molecule has 0 fully saturated rings. The van der Waals surface area contributed by atoms with Crippen molar-refractivity contribution < 1.29 is 14.3 Å². The number of nitrogens with zero attached hydrogens (tertiary/aromatic N) is 2. The van der Waals surface area contributed by atoms with E-state index >= 15 is 0 Å². The molecule has 2 N–H and O–H groups in total. The number of hydrogen-bond acceptors (Lipinski definition) is 5. The van der Waals surface area contributed by atoms with Crippen molar-refractivity contribution in [1.29, 1.82) is 0 Å². The molecule has 8 heteroatoms. The zero-order valence-corrected chi connectivity index (χ0v) is 14.2. The first-order valence-electron chi connectivity index (χ1n) is 8.47. The van der Waals surface area contributed by atoms with E-state index in [0.29, 0.717) is 42.5 Å². The number of amides is 1. The lowest BCUT2D eigenvalue weighted by molar-refractivity contribution is 0.0955. The van der Waals surface area contributed by atoms with E-state index in [1.165, 1.54) is 16.8 Å². The van der Waals surface area contributed by atoms with E-state index in [9.17, 15) is 9.59 Å². The van der Waals surface area contributed by atoms with Crippen LogP contribution in [0.1, 0.15) is 23.7 Å². The summed E-state index contributed by atoms with van der Waals surface area (Å²) < 4.78 is 12.4. The monoisotopic (exact) mass is 354 g/mol. The number of fused-ring (bicyclic) bond motifs is 2. The number of nitrogens with one attached hydrogen (secondary N) is 2. The van der Waals surface area contributed by atoms with E-state index in [1.807, 2.05) is 13.0 Å². The summed E-state index contributed by atoms with van der Waals surface area (Å²) in [5.41, 5.74) is 1.51. The number of aromatic amines is 1. The third-order valence-electron chi connectivity index (χ3n) is 4.12. The highest BCUT2D eigenvalue weighted by atomic mass is 16.6. The fourth-order valence-corrected chi connectivity index (χ4v) is 2.83. The number of benzene rings is 1.